The van der Waals surface area contributed by atoms with Gasteiger partial charge in [-0.05, 0) is 7.05 Å². The molecule has 0 aromatic rings. The molecule has 0 radical (unpaired) electrons. The van der Waals surface area contributed by atoms with Gasteiger partial charge in [-0.2, -0.15) is 0 Å². The van der Waals surface area contributed by atoms with Crippen LogP contribution >= 0.6 is 0 Å². The first-order chi connectivity index (χ1) is 3.88. The van der Waals surface area contributed by atoms with E-state index >= 15 is 0 Å². The van der Waals surface area contributed by atoms with E-state index in [4.69, 9.17) is 4.74 Å². The van der Waals surface area contributed by atoms with Gasteiger partial charge in [-0.3, -0.25) is 10.3 Å². The summed E-state index contributed by atoms with van der Waals surface area (Å²) in [7, 11) is 3.61. The second kappa shape index (κ2) is 2.24. The van der Waals surface area contributed by atoms with Gasteiger partial charge in [0.1, 0.15) is 12.3 Å². The second-order valence-corrected chi connectivity index (χ2v) is 1.72. The smallest absolute Gasteiger partial charge is 0.140 e. The molecule has 0 amide bonds. The molecule has 1 aliphatic rings. The van der Waals surface area contributed by atoms with E-state index in [0.29, 0.717) is 0 Å². The van der Waals surface area contributed by atoms with Crippen molar-refractivity contribution in [3.05, 3.63) is 0 Å². The second-order valence-electron chi connectivity index (χ2n) is 1.72. The molecule has 0 aromatic heterocycles. The Bertz CT molecular complexity index is 103. The highest BCUT2D eigenvalue weighted by Crippen LogP contribution is 2.15. The van der Waals surface area contributed by atoms with Crippen LogP contribution in [0.2, 0.25) is 0 Å². The minimum absolute atomic E-state index is 0.221. The molecule has 0 saturated carbocycles. The minimum Gasteiger partial charge on any atom is -0.347 e. The van der Waals surface area contributed by atoms with Gasteiger partial charge in [0.15, 0.2) is 0 Å². The topological polar surface area (TPSA) is 36.9 Å². The van der Waals surface area contributed by atoms with E-state index < -0.39 is 0 Å². The highest BCUT2D eigenvalue weighted by molar-refractivity contribution is 5.66. The van der Waals surface area contributed by atoms with Crippen molar-refractivity contribution in [3.63, 3.8) is 0 Å². The van der Waals surface area contributed by atoms with Gasteiger partial charge in [-0.1, -0.05) is 0 Å². The van der Waals surface area contributed by atoms with Gasteiger partial charge in [-0.25, -0.2) is 0 Å². The third-order valence-corrected chi connectivity index (χ3v) is 1.11. The monoisotopic (exact) mass is 114 g/mol. The summed E-state index contributed by atoms with van der Waals surface area (Å²) in [5.74, 6) is 0. The van der Waals surface area contributed by atoms with Crippen molar-refractivity contribution in [3.8, 4) is 0 Å². The molecule has 8 heavy (non-hydrogen) atoms. The Labute approximate surface area is 48.8 Å². The lowest BCUT2D eigenvalue weighted by molar-refractivity contribution is 0.374. The van der Waals surface area contributed by atoms with Gasteiger partial charge in [0, 0.05) is 13.3 Å². The van der Waals surface area contributed by atoms with Crippen LogP contribution in [-0.2, 0) is 4.74 Å². The van der Waals surface area contributed by atoms with E-state index in [9.17, 15) is 0 Å². The zero-order valence-corrected chi connectivity index (χ0v) is 5.09. The molecule has 0 aromatic carbocycles. The number of epoxide rings is 1. The van der Waals surface area contributed by atoms with Crippen LogP contribution in [0.15, 0.2) is 4.99 Å². The summed E-state index contributed by atoms with van der Waals surface area (Å²) in [6.07, 6.45) is 2.24. The Balaban J connectivity index is 2.17. The summed E-state index contributed by atoms with van der Waals surface area (Å²) in [5.41, 5.74) is 0. The molecule has 0 spiro atoms. The average molecular weight is 114 g/mol. The minimum atomic E-state index is 0.221. The van der Waals surface area contributed by atoms with Crippen LogP contribution in [0, 0.1) is 0 Å². The standard InChI is InChI=1S/C5H10N2O/c1-6-3-4-5(7-2)8-4/h3-5,7H,1-2H3. The number of aliphatic imine (C=N–C) groups is 1. The zero-order valence-electron chi connectivity index (χ0n) is 5.09. The molecule has 1 fully saturated rings. The number of ether oxygens (including phenoxy) is 1. The molecule has 46 valence electrons. The van der Waals surface area contributed by atoms with E-state index in [1.54, 1.807) is 13.3 Å². The molecule has 1 rings (SSSR count). The number of likely N-dealkylation sites (N-methyl/N-ethyl adjacent to an activating group) is 1. The fourth-order valence-electron chi connectivity index (χ4n) is 0.616. The molecule has 1 heterocycles. The molecule has 3 nitrogen and oxygen atoms in total. The molecular weight excluding hydrogens is 104 g/mol. The van der Waals surface area contributed by atoms with Crippen molar-refractivity contribution < 1.29 is 4.74 Å². The lowest BCUT2D eigenvalue weighted by Gasteiger charge is -1.80. The highest BCUT2D eigenvalue weighted by atomic mass is 16.6. The summed E-state index contributed by atoms with van der Waals surface area (Å²) >= 11 is 0. The highest BCUT2D eigenvalue weighted by Gasteiger charge is 2.35. The summed E-state index contributed by atoms with van der Waals surface area (Å²) in [4.78, 5) is 3.81. The lowest BCUT2D eigenvalue weighted by Crippen LogP contribution is -2.13. The van der Waals surface area contributed by atoms with Gasteiger partial charge < -0.3 is 4.74 Å². The SMILES string of the molecule is CN=CC1OC1NC. The van der Waals surface area contributed by atoms with Crippen LogP contribution in [0.4, 0.5) is 0 Å². The van der Waals surface area contributed by atoms with Crippen LogP contribution in [0.3, 0.4) is 0 Å². The van der Waals surface area contributed by atoms with Gasteiger partial charge in [0.2, 0.25) is 0 Å². The van der Waals surface area contributed by atoms with E-state index in [1.807, 2.05) is 7.05 Å². The molecular formula is C5H10N2O. The van der Waals surface area contributed by atoms with Crippen molar-refractivity contribution in [2.75, 3.05) is 14.1 Å². The Hall–Kier alpha value is -0.410. The fourth-order valence-corrected chi connectivity index (χ4v) is 0.616. The lowest BCUT2D eigenvalue weighted by atomic mass is 10.5. The Morgan fingerprint density at radius 1 is 1.75 bits per heavy atom. The average Bonchev–Trinajstić information content (AvgIpc) is 2.48. The largest absolute Gasteiger partial charge is 0.347 e. The molecule has 3 heteroatoms. The maximum absolute atomic E-state index is 5.05. The zero-order chi connectivity index (χ0) is 5.98. The maximum atomic E-state index is 5.05. The van der Waals surface area contributed by atoms with Crippen molar-refractivity contribution in [1.82, 2.24) is 5.32 Å². The number of nitrogens with zero attached hydrogens (tertiary/aromatic N) is 1. The number of nitrogens with one attached hydrogen (secondary N) is 1. The van der Waals surface area contributed by atoms with Crippen LogP contribution < -0.4 is 5.32 Å². The van der Waals surface area contributed by atoms with Gasteiger partial charge >= 0.3 is 0 Å². The Kier molecular flexibility index (Phi) is 1.60. The first kappa shape index (κ1) is 5.72. The number of hydrogen-bond donors (Lipinski definition) is 1. The normalized spacial score (nSPS) is 36.2. The van der Waals surface area contributed by atoms with Crippen molar-refractivity contribution >= 4 is 6.21 Å². The quantitative estimate of drug-likeness (QED) is 0.393. The maximum Gasteiger partial charge on any atom is 0.140 e. The summed E-state index contributed by atoms with van der Waals surface area (Å²) in [6, 6.07) is 0. The van der Waals surface area contributed by atoms with Crippen LogP contribution in [0.25, 0.3) is 0 Å². The van der Waals surface area contributed by atoms with E-state index in [1.165, 1.54) is 0 Å². The van der Waals surface area contributed by atoms with Crippen molar-refractivity contribution in [1.29, 1.82) is 0 Å². The molecule has 2 unspecified atom stereocenters. The summed E-state index contributed by atoms with van der Waals surface area (Å²) < 4.78 is 5.05. The molecule has 0 aliphatic carbocycles. The first-order valence-electron chi connectivity index (χ1n) is 2.63. The van der Waals surface area contributed by atoms with E-state index in [-0.39, 0.29) is 12.3 Å². The first-order valence-corrected chi connectivity index (χ1v) is 2.63. The third-order valence-electron chi connectivity index (χ3n) is 1.11. The van der Waals surface area contributed by atoms with Gasteiger partial charge in [0.05, 0.1) is 0 Å². The molecule has 1 aliphatic heterocycles. The predicted octanol–water partition coefficient (Wildman–Crippen LogP) is -0.369. The summed E-state index contributed by atoms with van der Waals surface area (Å²) in [6.45, 7) is 0. The number of rotatable bonds is 2. The fraction of sp³-hybridized carbons (Fsp3) is 0.800. The van der Waals surface area contributed by atoms with Gasteiger partial charge in [-0.15, -0.1) is 0 Å². The van der Waals surface area contributed by atoms with Crippen LogP contribution in [0.1, 0.15) is 0 Å². The van der Waals surface area contributed by atoms with E-state index in [2.05, 4.69) is 10.3 Å². The Morgan fingerprint density at radius 3 is 2.88 bits per heavy atom. The molecule has 1 saturated heterocycles. The van der Waals surface area contributed by atoms with Crippen LogP contribution in [0.5, 0.6) is 0 Å². The predicted molar refractivity (Wildman–Crippen MR) is 32.1 cm³/mol. The summed E-state index contributed by atoms with van der Waals surface area (Å²) in [5, 5.41) is 2.96. The van der Waals surface area contributed by atoms with Crippen LogP contribution in [-0.4, -0.2) is 32.6 Å². The Morgan fingerprint density at radius 2 is 2.50 bits per heavy atom. The molecule has 2 atom stereocenters. The van der Waals surface area contributed by atoms with E-state index in [0.717, 1.165) is 0 Å². The van der Waals surface area contributed by atoms with Gasteiger partial charge in [0.25, 0.3) is 0 Å². The third kappa shape index (κ3) is 1.05. The molecule has 0 bridgehead atoms. The molecule has 1 N–H and O–H groups in total. The van der Waals surface area contributed by atoms with Crippen molar-refractivity contribution in [2.45, 2.75) is 12.3 Å². The number of hydrogen-bond acceptors (Lipinski definition) is 3. The van der Waals surface area contributed by atoms with Crippen molar-refractivity contribution in [2.24, 2.45) is 4.99 Å².